The average Bonchev–Trinajstić information content (AvgIpc) is 2.95. The van der Waals surface area contributed by atoms with Crippen LogP contribution in [0.25, 0.3) is 0 Å². The number of aromatic amines is 1. The van der Waals surface area contributed by atoms with Crippen molar-refractivity contribution in [3.8, 4) is 0 Å². The van der Waals surface area contributed by atoms with Gasteiger partial charge in [-0.2, -0.15) is 0 Å². The van der Waals surface area contributed by atoms with Gasteiger partial charge >= 0.3 is 0 Å². The molecule has 1 atom stereocenters. The molecule has 0 unspecified atom stereocenters. The highest BCUT2D eigenvalue weighted by atomic mass is 32.1. The molecular formula is C16H20N2O3S. The van der Waals surface area contributed by atoms with Crippen molar-refractivity contribution in [2.45, 2.75) is 20.3 Å². The van der Waals surface area contributed by atoms with Gasteiger partial charge in [-0.05, 0) is 43.3 Å². The highest BCUT2D eigenvalue weighted by Crippen LogP contribution is 2.14. The molecule has 22 heavy (non-hydrogen) atoms. The first-order valence-electron chi connectivity index (χ1n) is 7.13. The Bertz CT molecular complexity index is 692. The van der Waals surface area contributed by atoms with Gasteiger partial charge in [-0.15, -0.1) is 11.3 Å². The fourth-order valence-electron chi connectivity index (χ4n) is 2.38. The summed E-state index contributed by atoms with van der Waals surface area (Å²) in [4.78, 5) is 27.9. The van der Waals surface area contributed by atoms with Crippen molar-refractivity contribution in [2.75, 3.05) is 13.2 Å². The van der Waals surface area contributed by atoms with E-state index in [0.29, 0.717) is 18.5 Å². The number of hydrogen-bond donors (Lipinski definition) is 3. The molecule has 0 aliphatic rings. The zero-order chi connectivity index (χ0) is 16.1. The summed E-state index contributed by atoms with van der Waals surface area (Å²) < 4.78 is 0. The van der Waals surface area contributed by atoms with Crippen LogP contribution in [0.4, 0.5) is 0 Å². The highest BCUT2D eigenvalue weighted by Gasteiger charge is 2.16. The molecule has 2 heterocycles. The number of hydrogen-bond acceptors (Lipinski definition) is 4. The lowest BCUT2D eigenvalue weighted by Crippen LogP contribution is -2.35. The van der Waals surface area contributed by atoms with E-state index in [4.69, 9.17) is 0 Å². The first kappa shape index (κ1) is 16.5. The van der Waals surface area contributed by atoms with Gasteiger partial charge < -0.3 is 15.4 Å². The molecule has 5 nitrogen and oxygen atoms in total. The summed E-state index contributed by atoms with van der Waals surface area (Å²) in [5.74, 6) is -0.462. The first-order chi connectivity index (χ1) is 10.5. The van der Waals surface area contributed by atoms with E-state index in [1.54, 1.807) is 31.3 Å². The van der Waals surface area contributed by atoms with Crippen molar-refractivity contribution < 1.29 is 9.90 Å². The van der Waals surface area contributed by atoms with E-state index >= 15 is 0 Å². The van der Waals surface area contributed by atoms with E-state index in [0.717, 1.165) is 10.6 Å². The summed E-state index contributed by atoms with van der Waals surface area (Å²) in [5.41, 5.74) is 1.13. The third kappa shape index (κ3) is 4.05. The van der Waals surface area contributed by atoms with Crippen LogP contribution in [0.5, 0.6) is 0 Å². The molecule has 2 aromatic rings. The summed E-state index contributed by atoms with van der Waals surface area (Å²) in [6, 6.07) is 5.73. The Morgan fingerprint density at radius 2 is 2.23 bits per heavy atom. The maximum absolute atomic E-state index is 12.2. The number of rotatable bonds is 6. The van der Waals surface area contributed by atoms with Crippen LogP contribution in [0, 0.1) is 19.8 Å². The van der Waals surface area contributed by atoms with Crippen LogP contribution in [0.2, 0.25) is 0 Å². The van der Waals surface area contributed by atoms with Crippen molar-refractivity contribution >= 4 is 17.2 Å². The van der Waals surface area contributed by atoms with E-state index in [9.17, 15) is 14.7 Å². The SMILES string of the molecule is Cc1cc(C)c(C(=O)NC[C@@H](CO)Cc2cccs2)c(=O)[nH]1. The zero-order valence-corrected chi connectivity index (χ0v) is 13.5. The predicted molar refractivity (Wildman–Crippen MR) is 87.5 cm³/mol. The fourth-order valence-corrected chi connectivity index (χ4v) is 3.20. The van der Waals surface area contributed by atoms with Crippen molar-refractivity contribution in [2.24, 2.45) is 5.92 Å². The Kier molecular flexibility index (Phi) is 5.51. The maximum Gasteiger partial charge on any atom is 0.261 e. The van der Waals surface area contributed by atoms with E-state index < -0.39 is 5.91 Å². The van der Waals surface area contributed by atoms with E-state index in [1.807, 2.05) is 17.5 Å². The number of carbonyl (C=O) groups excluding carboxylic acids is 1. The summed E-state index contributed by atoms with van der Waals surface area (Å²) in [6.07, 6.45) is 0.706. The second kappa shape index (κ2) is 7.38. The molecule has 0 spiro atoms. The van der Waals surface area contributed by atoms with Gasteiger partial charge in [-0.3, -0.25) is 9.59 Å². The van der Waals surface area contributed by atoms with Crippen LogP contribution in [-0.4, -0.2) is 29.1 Å². The quantitative estimate of drug-likeness (QED) is 0.756. The minimum absolute atomic E-state index is 0.0125. The van der Waals surface area contributed by atoms with Crippen molar-refractivity contribution in [3.05, 3.63) is 55.6 Å². The molecule has 0 saturated heterocycles. The van der Waals surface area contributed by atoms with E-state index in [1.165, 1.54) is 0 Å². The molecule has 0 fully saturated rings. The summed E-state index contributed by atoms with van der Waals surface area (Å²) >= 11 is 1.62. The van der Waals surface area contributed by atoms with Gasteiger partial charge in [0.05, 0.1) is 0 Å². The van der Waals surface area contributed by atoms with Gasteiger partial charge in [-0.25, -0.2) is 0 Å². The van der Waals surface area contributed by atoms with Gasteiger partial charge in [0.2, 0.25) is 0 Å². The number of amides is 1. The molecule has 0 aliphatic carbocycles. The minimum atomic E-state index is -0.400. The second-order valence-corrected chi connectivity index (χ2v) is 6.41. The molecule has 0 aliphatic heterocycles. The number of aliphatic hydroxyl groups excluding tert-OH is 1. The van der Waals surface area contributed by atoms with Gasteiger partial charge in [-0.1, -0.05) is 6.07 Å². The summed E-state index contributed by atoms with van der Waals surface area (Å²) in [6.45, 7) is 3.84. The zero-order valence-electron chi connectivity index (χ0n) is 12.7. The molecule has 118 valence electrons. The number of aromatic nitrogens is 1. The number of nitrogens with one attached hydrogen (secondary N) is 2. The molecule has 0 saturated carbocycles. The lowest BCUT2D eigenvalue weighted by Gasteiger charge is -2.14. The van der Waals surface area contributed by atoms with Crippen molar-refractivity contribution in [3.63, 3.8) is 0 Å². The lowest BCUT2D eigenvalue weighted by molar-refractivity contribution is 0.0938. The third-order valence-corrected chi connectivity index (χ3v) is 4.37. The Labute approximate surface area is 133 Å². The Hall–Kier alpha value is -1.92. The summed E-state index contributed by atoms with van der Waals surface area (Å²) in [7, 11) is 0. The molecule has 3 N–H and O–H groups in total. The highest BCUT2D eigenvalue weighted by molar-refractivity contribution is 7.09. The fraction of sp³-hybridized carbons (Fsp3) is 0.375. The number of H-pyrrole nitrogens is 1. The first-order valence-corrected chi connectivity index (χ1v) is 8.01. The number of aliphatic hydroxyl groups is 1. The second-order valence-electron chi connectivity index (χ2n) is 5.38. The largest absolute Gasteiger partial charge is 0.396 e. The van der Waals surface area contributed by atoms with E-state index in [2.05, 4.69) is 10.3 Å². The Morgan fingerprint density at radius 1 is 1.45 bits per heavy atom. The average molecular weight is 320 g/mol. The van der Waals surface area contributed by atoms with Crippen molar-refractivity contribution in [1.29, 1.82) is 0 Å². The van der Waals surface area contributed by atoms with Crippen LogP contribution < -0.4 is 10.9 Å². The molecule has 0 bridgehead atoms. The molecule has 6 heteroatoms. The van der Waals surface area contributed by atoms with Crippen LogP contribution in [0.15, 0.2) is 28.4 Å². The monoisotopic (exact) mass is 320 g/mol. The van der Waals surface area contributed by atoms with Crippen LogP contribution in [0.1, 0.15) is 26.5 Å². The molecule has 1 amide bonds. The van der Waals surface area contributed by atoms with Crippen LogP contribution >= 0.6 is 11.3 Å². The standard InChI is InChI=1S/C16H20N2O3S/c1-10-6-11(2)18-16(21)14(10)15(20)17-8-12(9-19)7-13-4-3-5-22-13/h3-6,12,19H,7-9H2,1-2H3,(H,17,20)(H,18,21)/t12-/m0/s1. The summed E-state index contributed by atoms with van der Waals surface area (Å²) in [5, 5.41) is 14.2. The normalized spacial score (nSPS) is 12.1. The topological polar surface area (TPSA) is 82.2 Å². The van der Waals surface area contributed by atoms with Gasteiger partial charge in [0.25, 0.3) is 11.5 Å². The maximum atomic E-state index is 12.2. The van der Waals surface area contributed by atoms with Gasteiger partial charge in [0.1, 0.15) is 5.56 Å². The van der Waals surface area contributed by atoms with Gasteiger partial charge in [0, 0.05) is 29.6 Å². The predicted octanol–water partition coefficient (Wildman–Crippen LogP) is 1.63. The molecule has 2 rings (SSSR count). The van der Waals surface area contributed by atoms with E-state index in [-0.39, 0.29) is 23.6 Å². The molecule has 0 aromatic carbocycles. The Morgan fingerprint density at radius 3 is 2.82 bits per heavy atom. The smallest absolute Gasteiger partial charge is 0.261 e. The van der Waals surface area contributed by atoms with Crippen LogP contribution in [-0.2, 0) is 6.42 Å². The molecular weight excluding hydrogens is 300 g/mol. The Balaban J connectivity index is 2.01. The van der Waals surface area contributed by atoms with Crippen molar-refractivity contribution in [1.82, 2.24) is 10.3 Å². The minimum Gasteiger partial charge on any atom is -0.396 e. The number of aryl methyl sites for hydroxylation is 2. The molecule has 2 aromatic heterocycles. The number of thiophene rings is 1. The number of carbonyl (C=O) groups is 1. The van der Waals surface area contributed by atoms with Gasteiger partial charge in [0.15, 0.2) is 0 Å². The lowest BCUT2D eigenvalue weighted by atomic mass is 10.0. The van der Waals surface area contributed by atoms with Crippen LogP contribution in [0.3, 0.4) is 0 Å². The number of pyridine rings is 1. The third-order valence-electron chi connectivity index (χ3n) is 3.47. The molecule has 0 radical (unpaired) electrons.